The van der Waals surface area contributed by atoms with E-state index in [1.807, 2.05) is 18.3 Å². The van der Waals surface area contributed by atoms with Gasteiger partial charge >= 0.3 is 0 Å². The van der Waals surface area contributed by atoms with Gasteiger partial charge in [-0.3, -0.25) is 15.0 Å². The largest absolute Gasteiger partial charge is 0.372 e. The molecule has 0 amide bonds. The van der Waals surface area contributed by atoms with E-state index in [1.54, 1.807) is 18.3 Å². The van der Waals surface area contributed by atoms with Crippen LogP contribution < -0.4 is 16.4 Å². The van der Waals surface area contributed by atoms with Crippen LogP contribution in [0.1, 0.15) is 55.2 Å². The Hall–Kier alpha value is -3.36. The summed E-state index contributed by atoms with van der Waals surface area (Å²) in [4.78, 5) is 16.5. The number of aromatic nitrogens is 1. The molecular formula is C31H38FN7. The third-order valence-electron chi connectivity index (χ3n) is 8.71. The second-order valence-electron chi connectivity index (χ2n) is 11.2. The minimum absolute atomic E-state index is 0.0355. The average Bonchev–Trinajstić information content (AvgIpc) is 3.90. The Morgan fingerprint density at radius 3 is 2.59 bits per heavy atom. The molecule has 0 bridgehead atoms. The van der Waals surface area contributed by atoms with E-state index in [0.717, 1.165) is 67.4 Å². The van der Waals surface area contributed by atoms with Crippen molar-refractivity contribution >= 4 is 18.2 Å². The van der Waals surface area contributed by atoms with Crippen molar-refractivity contribution in [1.82, 2.24) is 20.5 Å². The van der Waals surface area contributed by atoms with Gasteiger partial charge in [-0.15, -0.1) is 0 Å². The van der Waals surface area contributed by atoms with Gasteiger partial charge in [0.1, 0.15) is 11.7 Å². The molecule has 39 heavy (non-hydrogen) atoms. The van der Waals surface area contributed by atoms with Crippen molar-refractivity contribution < 1.29 is 4.39 Å². The summed E-state index contributed by atoms with van der Waals surface area (Å²) in [5.74, 6) is 1.33. The quantitative estimate of drug-likeness (QED) is 0.273. The fourth-order valence-corrected chi connectivity index (χ4v) is 6.15. The van der Waals surface area contributed by atoms with Crippen LogP contribution in [0, 0.1) is 11.7 Å². The summed E-state index contributed by atoms with van der Waals surface area (Å²) in [6.07, 6.45) is 12.4. The number of rotatable bonds is 8. The molecule has 204 valence electrons. The maximum atomic E-state index is 13.6. The molecular weight excluding hydrogens is 489 g/mol. The molecule has 2 aromatic rings. The number of aliphatic imine (C=N–C) groups is 2. The first-order chi connectivity index (χ1) is 19.0. The van der Waals surface area contributed by atoms with E-state index in [1.165, 1.54) is 24.0 Å². The Labute approximate surface area is 230 Å². The summed E-state index contributed by atoms with van der Waals surface area (Å²) < 4.78 is 13.6. The lowest BCUT2D eigenvalue weighted by Gasteiger charge is -2.32. The van der Waals surface area contributed by atoms with E-state index in [-0.39, 0.29) is 23.3 Å². The molecule has 0 spiro atoms. The zero-order chi connectivity index (χ0) is 27.0. The number of piperazine rings is 1. The second-order valence-corrected chi connectivity index (χ2v) is 11.2. The number of nitrogens with one attached hydrogen (secondary N) is 2. The minimum atomic E-state index is -0.227. The SMILES string of the molecule is C=Nc1cncc(C2CC2)c1C(=NC/C(=C/C)C1C=C(C2(c3ccc(F)cc3)CC2)NC1N)N1CCNCC1. The van der Waals surface area contributed by atoms with Crippen LogP contribution in [-0.4, -0.2) is 61.3 Å². The third kappa shape index (κ3) is 5.03. The van der Waals surface area contributed by atoms with Gasteiger partial charge in [0, 0.05) is 55.0 Å². The zero-order valence-corrected chi connectivity index (χ0v) is 22.7. The van der Waals surface area contributed by atoms with Crippen molar-refractivity contribution in [3.8, 4) is 0 Å². The van der Waals surface area contributed by atoms with Crippen LogP contribution in [0.3, 0.4) is 0 Å². The fraction of sp³-hybridized carbons (Fsp3) is 0.452. The summed E-state index contributed by atoms with van der Waals surface area (Å²) in [6.45, 7) is 10.1. The summed E-state index contributed by atoms with van der Waals surface area (Å²) >= 11 is 0. The normalized spacial score (nSPS) is 24.8. The van der Waals surface area contributed by atoms with E-state index in [2.05, 4.69) is 51.3 Å². The van der Waals surface area contributed by atoms with Gasteiger partial charge in [0.2, 0.25) is 0 Å². The van der Waals surface area contributed by atoms with Gasteiger partial charge in [0.05, 0.1) is 24.6 Å². The molecule has 2 saturated carbocycles. The lowest BCUT2D eigenvalue weighted by Crippen LogP contribution is -2.47. The van der Waals surface area contributed by atoms with Gasteiger partial charge in [-0.05, 0) is 74.1 Å². The van der Waals surface area contributed by atoms with Crippen molar-refractivity contribution in [3.05, 3.63) is 82.6 Å². The minimum Gasteiger partial charge on any atom is -0.372 e. The highest BCUT2D eigenvalue weighted by atomic mass is 19.1. The van der Waals surface area contributed by atoms with Crippen LogP contribution in [-0.2, 0) is 5.41 Å². The highest BCUT2D eigenvalue weighted by Crippen LogP contribution is 2.54. The van der Waals surface area contributed by atoms with E-state index >= 15 is 0 Å². The van der Waals surface area contributed by atoms with Crippen molar-refractivity contribution in [1.29, 1.82) is 0 Å². The zero-order valence-electron chi connectivity index (χ0n) is 22.7. The van der Waals surface area contributed by atoms with Crippen LogP contribution >= 0.6 is 0 Å². The van der Waals surface area contributed by atoms with Gasteiger partial charge in [0.15, 0.2) is 0 Å². The van der Waals surface area contributed by atoms with Crippen molar-refractivity contribution in [2.45, 2.75) is 50.1 Å². The number of hydrogen-bond donors (Lipinski definition) is 3. The van der Waals surface area contributed by atoms with E-state index in [9.17, 15) is 4.39 Å². The van der Waals surface area contributed by atoms with E-state index < -0.39 is 0 Å². The number of amidine groups is 1. The average molecular weight is 528 g/mol. The van der Waals surface area contributed by atoms with Crippen molar-refractivity contribution in [2.24, 2.45) is 21.6 Å². The molecule has 1 aromatic carbocycles. The smallest absolute Gasteiger partial charge is 0.133 e. The third-order valence-corrected chi connectivity index (χ3v) is 8.71. The second kappa shape index (κ2) is 10.7. The Bertz CT molecular complexity index is 1310. The topological polar surface area (TPSA) is 90.9 Å². The summed E-state index contributed by atoms with van der Waals surface area (Å²) in [7, 11) is 0. The first kappa shape index (κ1) is 25.9. The monoisotopic (exact) mass is 527 g/mol. The molecule has 4 N–H and O–H groups in total. The first-order valence-electron chi connectivity index (χ1n) is 14.1. The molecule has 3 fully saturated rings. The summed E-state index contributed by atoms with van der Waals surface area (Å²) in [5, 5.41) is 7.03. The highest BCUT2D eigenvalue weighted by Gasteiger charge is 2.50. The Morgan fingerprint density at radius 2 is 1.95 bits per heavy atom. The van der Waals surface area contributed by atoms with E-state index in [0.29, 0.717) is 12.5 Å². The molecule has 6 rings (SSSR count). The molecule has 2 atom stereocenters. The van der Waals surface area contributed by atoms with Crippen molar-refractivity contribution in [2.75, 3.05) is 32.7 Å². The number of benzene rings is 1. The predicted octanol–water partition coefficient (Wildman–Crippen LogP) is 4.15. The predicted molar refractivity (Wildman–Crippen MR) is 155 cm³/mol. The fourth-order valence-electron chi connectivity index (χ4n) is 6.15. The Morgan fingerprint density at radius 1 is 1.21 bits per heavy atom. The van der Waals surface area contributed by atoms with Gasteiger partial charge in [-0.2, -0.15) is 0 Å². The lowest BCUT2D eigenvalue weighted by atomic mass is 9.90. The van der Waals surface area contributed by atoms with Crippen LogP contribution in [0.4, 0.5) is 10.1 Å². The number of hydrogen-bond acceptors (Lipinski definition) is 6. The molecule has 1 aromatic heterocycles. The molecule has 7 nitrogen and oxygen atoms in total. The van der Waals surface area contributed by atoms with Crippen LogP contribution in [0.15, 0.2) is 70.1 Å². The highest BCUT2D eigenvalue weighted by molar-refractivity contribution is 6.04. The number of halogens is 1. The Balaban J connectivity index is 1.31. The molecule has 2 unspecified atom stereocenters. The number of nitrogens with two attached hydrogens (primary N) is 1. The standard InChI is InChI=1S/C31H38FN7/c1-3-20(24-16-27(38-29(24)33)31(10-11-31)22-6-8-23(32)9-7-22)17-37-30(39-14-12-35-13-15-39)28-25(21-4-5-21)18-36-19-26(28)34-2/h3,6-9,16,18-19,21,24,29,35,38H,2,4-5,10-15,17,33H2,1H3/b20-3-,37-30?. The molecule has 2 aliphatic carbocycles. The van der Waals surface area contributed by atoms with Gasteiger partial charge in [-0.25, -0.2) is 4.39 Å². The molecule has 8 heteroatoms. The number of pyridine rings is 1. The Kier molecular flexibility index (Phi) is 7.08. The number of nitrogens with zero attached hydrogens (tertiary/aromatic N) is 4. The molecule has 1 saturated heterocycles. The molecule has 3 heterocycles. The lowest BCUT2D eigenvalue weighted by molar-refractivity contribution is 0.357. The summed E-state index contributed by atoms with van der Waals surface area (Å²) in [5.41, 5.74) is 13.2. The summed E-state index contributed by atoms with van der Waals surface area (Å²) in [6, 6.07) is 6.91. The van der Waals surface area contributed by atoms with Crippen LogP contribution in [0.5, 0.6) is 0 Å². The van der Waals surface area contributed by atoms with Gasteiger partial charge in [0.25, 0.3) is 0 Å². The van der Waals surface area contributed by atoms with Crippen LogP contribution in [0.2, 0.25) is 0 Å². The van der Waals surface area contributed by atoms with Crippen LogP contribution in [0.25, 0.3) is 0 Å². The molecule has 2 aliphatic heterocycles. The van der Waals surface area contributed by atoms with E-state index in [4.69, 9.17) is 10.7 Å². The van der Waals surface area contributed by atoms with Gasteiger partial charge < -0.3 is 21.3 Å². The van der Waals surface area contributed by atoms with Gasteiger partial charge in [-0.1, -0.05) is 24.3 Å². The molecule has 4 aliphatic rings. The number of allylic oxidation sites excluding steroid dienone is 2. The first-order valence-corrected chi connectivity index (χ1v) is 14.1. The maximum absolute atomic E-state index is 13.6. The maximum Gasteiger partial charge on any atom is 0.133 e. The molecule has 0 radical (unpaired) electrons. The van der Waals surface area contributed by atoms with Crippen molar-refractivity contribution in [3.63, 3.8) is 0 Å².